The Morgan fingerprint density at radius 1 is 1.67 bits per heavy atom. The van der Waals surface area contributed by atoms with E-state index in [4.69, 9.17) is 10.3 Å². The fraction of sp³-hybridized carbons (Fsp3) is 0.600. The minimum atomic E-state index is -0.498. The Morgan fingerprint density at radius 3 is 2.80 bits per heavy atom. The maximum Gasteiger partial charge on any atom is 0.242 e. The van der Waals surface area contributed by atoms with Crippen molar-refractivity contribution in [2.24, 2.45) is 11.7 Å². The van der Waals surface area contributed by atoms with Crippen molar-refractivity contribution in [1.82, 2.24) is 5.16 Å². The van der Waals surface area contributed by atoms with E-state index in [0.29, 0.717) is 23.9 Å². The number of hydrogen-bond donors (Lipinski definition) is 2. The van der Waals surface area contributed by atoms with Gasteiger partial charge in [-0.25, -0.2) is 0 Å². The summed E-state index contributed by atoms with van der Waals surface area (Å²) in [5, 5.41) is 6.25. The zero-order chi connectivity index (χ0) is 11.4. The second-order valence-electron chi connectivity index (χ2n) is 4.05. The van der Waals surface area contributed by atoms with Crippen LogP contribution < -0.4 is 11.1 Å². The molecule has 1 heterocycles. The van der Waals surface area contributed by atoms with Crippen molar-refractivity contribution < 1.29 is 9.32 Å². The Hall–Kier alpha value is -1.36. The second-order valence-corrected chi connectivity index (χ2v) is 4.05. The predicted octanol–water partition coefficient (Wildman–Crippen LogP) is 1.29. The molecule has 0 aliphatic carbocycles. The second kappa shape index (κ2) is 4.93. The van der Waals surface area contributed by atoms with Gasteiger partial charge in [0.05, 0.1) is 6.04 Å². The van der Waals surface area contributed by atoms with Crippen LogP contribution in [-0.2, 0) is 4.79 Å². The first-order valence-corrected chi connectivity index (χ1v) is 4.98. The van der Waals surface area contributed by atoms with E-state index in [1.165, 1.54) is 0 Å². The molecular formula is C10H17N3O2. The van der Waals surface area contributed by atoms with E-state index in [-0.39, 0.29) is 5.91 Å². The van der Waals surface area contributed by atoms with Crippen LogP contribution in [0.4, 0.5) is 5.82 Å². The molecule has 0 aromatic carbocycles. The lowest BCUT2D eigenvalue weighted by atomic mass is 10.0. The van der Waals surface area contributed by atoms with Gasteiger partial charge in [-0.15, -0.1) is 0 Å². The molecule has 1 atom stereocenters. The first-order chi connectivity index (χ1) is 6.99. The van der Waals surface area contributed by atoms with Gasteiger partial charge in [0.25, 0.3) is 0 Å². The van der Waals surface area contributed by atoms with Crippen LogP contribution >= 0.6 is 0 Å². The number of aryl methyl sites for hydroxylation is 1. The van der Waals surface area contributed by atoms with Gasteiger partial charge in [-0.1, -0.05) is 19.0 Å². The number of nitrogens with one attached hydrogen (secondary N) is 1. The van der Waals surface area contributed by atoms with Crippen LogP contribution in [0.1, 0.15) is 26.0 Å². The highest BCUT2D eigenvalue weighted by molar-refractivity contribution is 5.93. The summed E-state index contributed by atoms with van der Waals surface area (Å²) in [6.45, 7) is 5.80. The fourth-order valence-electron chi connectivity index (χ4n) is 1.26. The third-order valence-electron chi connectivity index (χ3n) is 1.94. The minimum absolute atomic E-state index is 0.225. The molecule has 1 aromatic heterocycles. The smallest absolute Gasteiger partial charge is 0.242 e. The third-order valence-corrected chi connectivity index (χ3v) is 1.94. The summed E-state index contributed by atoms with van der Waals surface area (Å²) in [5.41, 5.74) is 5.70. The Kier molecular flexibility index (Phi) is 3.85. The molecule has 5 heteroatoms. The van der Waals surface area contributed by atoms with Crippen LogP contribution in [0.25, 0.3) is 0 Å². The maximum atomic E-state index is 11.5. The molecule has 15 heavy (non-hydrogen) atoms. The summed E-state index contributed by atoms with van der Waals surface area (Å²) in [6, 6.07) is 1.15. The zero-order valence-electron chi connectivity index (χ0n) is 9.28. The third kappa shape index (κ3) is 3.71. The van der Waals surface area contributed by atoms with Gasteiger partial charge in [0.1, 0.15) is 5.76 Å². The molecule has 1 aromatic rings. The Labute approximate surface area is 89.0 Å². The zero-order valence-corrected chi connectivity index (χ0v) is 9.28. The maximum absolute atomic E-state index is 11.5. The van der Waals surface area contributed by atoms with Gasteiger partial charge in [0, 0.05) is 6.07 Å². The minimum Gasteiger partial charge on any atom is -0.360 e. The van der Waals surface area contributed by atoms with E-state index < -0.39 is 6.04 Å². The number of aromatic nitrogens is 1. The highest BCUT2D eigenvalue weighted by Crippen LogP contribution is 2.09. The molecule has 3 N–H and O–H groups in total. The van der Waals surface area contributed by atoms with E-state index in [1.54, 1.807) is 13.0 Å². The molecule has 1 unspecified atom stereocenters. The number of carbonyl (C=O) groups is 1. The highest BCUT2D eigenvalue weighted by atomic mass is 16.5. The van der Waals surface area contributed by atoms with E-state index in [2.05, 4.69) is 10.5 Å². The largest absolute Gasteiger partial charge is 0.360 e. The number of anilines is 1. The first-order valence-electron chi connectivity index (χ1n) is 4.98. The Balaban J connectivity index is 2.48. The van der Waals surface area contributed by atoms with Crippen molar-refractivity contribution in [3.63, 3.8) is 0 Å². The van der Waals surface area contributed by atoms with Gasteiger partial charge in [-0.2, -0.15) is 0 Å². The van der Waals surface area contributed by atoms with Gasteiger partial charge in [-0.05, 0) is 19.3 Å². The number of nitrogens with zero attached hydrogens (tertiary/aromatic N) is 1. The van der Waals surface area contributed by atoms with Gasteiger partial charge >= 0.3 is 0 Å². The van der Waals surface area contributed by atoms with Crippen molar-refractivity contribution in [2.75, 3.05) is 5.32 Å². The van der Waals surface area contributed by atoms with Crippen LogP contribution in [0.3, 0.4) is 0 Å². The first kappa shape index (κ1) is 11.7. The molecular weight excluding hydrogens is 194 g/mol. The molecule has 0 saturated heterocycles. The lowest BCUT2D eigenvalue weighted by Crippen LogP contribution is -2.36. The number of rotatable bonds is 4. The molecule has 84 valence electrons. The van der Waals surface area contributed by atoms with Crippen LogP contribution in [0.5, 0.6) is 0 Å². The van der Waals surface area contributed by atoms with Gasteiger partial charge in [-0.3, -0.25) is 4.79 Å². The summed E-state index contributed by atoms with van der Waals surface area (Å²) in [7, 11) is 0. The van der Waals surface area contributed by atoms with Crippen molar-refractivity contribution in [3.05, 3.63) is 11.8 Å². The summed E-state index contributed by atoms with van der Waals surface area (Å²) in [5.74, 6) is 1.24. The molecule has 0 aliphatic heterocycles. The van der Waals surface area contributed by atoms with Crippen LogP contribution in [-0.4, -0.2) is 17.1 Å². The van der Waals surface area contributed by atoms with Crippen molar-refractivity contribution in [2.45, 2.75) is 33.2 Å². The average Bonchev–Trinajstić information content (AvgIpc) is 2.50. The quantitative estimate of drug-likeness (QED) is 0.786. The summed E-state index contributed by atoms with van der Waals surface area (Å²) < 4.78 is 4.82. The number of nitrogens with two attached hydrogens (primary N) is 1. The lowest BCUT2D eigenvalue weighted by molar-refractivity contribution is -0.117. The van der Waals surface area contributed by atoms with E-state index in [9.17, 15) is 4.79 Å². The molecule has 0 saturated carbocycles. The average molecular weight is 211 g/mol. The predicted molar refractivity (Wildman–Crippen MR) is 57.3 cm³/mol. The lowest BCUT2D eigenvalue weighted by Gasteiger charge is -2.12. The van der Waals surface area contributed by atoms with Gasteiger partial charge in [0.2, 0.25) is 5.91 Å². The molecule has 1 rings (SSSR count). The fourth-order valence-corrected chi connectivity index (χ4v) is 1.26. The topological polar surface area (TPSA) is 81.2 Å². The summed E-state index contributed by atoms with van der Waals surface area (Å²) in [6.07, 6.45) is 0.655. The van der Waals surface area contributed by atoms with Crippen LogP contribution in [0.15, 0.2) is 10.6 Å². The summed E-state index contributed by atoms with van der Waals surface area (Å²) in [4.78, 5) is 11.5. The molecule has 5 nitrogen and oxygen atoms in total. The van der Waals surface area contributed by atoms with Crippen LogP contribution in [0, 0.1) is 12.8 Å². The number of hydrogen-bond acceptors (Lipinski definition) is 4. The number of amides is 1. The van der Waals surface area contributed by atoms with Gasteiger partial charge in [0.15, 0.2) is 5.82 Å². The van der Waals surface area contributed by atoms with Crippen molar-refractivity contribution >= 4 is 11.7 Å². The SMILES string of the molecule is Cc1cc(NC(=O)C(N)CC(C)C)no1. The van der Waals surface area contributed by atoms with Crippen LogP contribution in [0.2, 0.25) is 0 Å². The van der Waals surface area contributed by atoms with Crippen molar-refractivity contribution in [3.8, 4) is 0 Å². The highest BCUT2D eigenvalue weighted by Gasteiger charge is 2.16. The molecule has 1 amide bonds. The normalized spacial score (nSPS) is 12.9. The Morgan fingerprint density at radius 2 is 2.33 bits per heavy atom. The Bertz CT molecular complexity index is 333. The number of carbonyl (C=O) groups excluding carboxylic acids is 1. The standard InChI is InChI=1S/C10H17N3O2/c1-6(2)4-8(11)10(14)12-9-5-7(3)15-13-9/h5-6,8H,4,11H2,1-3H3,(H,12,13,14). The molecule has 0 aliphatic rings. The summed E-state index contributed by atoms with van der Waals surface area (Å²) >= 11 is 0. The molecule has 0 radical (unpaired) electrons. The van der Waals surface area contributed by atoms with E-state index in [1.807, 2.05) is 13.8 Å². The van der Waals surface area contributed by atoms with E-state index >= 15 is 0 Å². The molecule has 0 bridgehead atoms. The van der Waals surface area contributed by atoms with Gasteiger partial charge < -0.3 is 15.6 Å². The van der Waals surface area contributed by atoms with Crippen molar-refractivity contribution in [1.29, 1.82) is 0 Å². The van der Waals surface area contributed by atoms with E-state index in [0.717, 1.165) is 0 Å². The molecule has 0 spiro atoms. The monoisotopic (exact) mass is 211 g/mol. The molecule has 0 fully saturated rings.